The Bertz CT molecular complexity index is 752. The summed E-state index contributed by atoms with van der Waals surface area (Å²) >= 11 is 5.77. The Labute approximate surface area is 114 Å². The van der Waals surface area contributed by atoms with Crippen molar-refractivity contribution in [1.82, 2.24) is 9.78 Å². The second kappa shape index (κ2) is 4.55. The molecule has 0 saturated heterocycles. The number of benzene rings is 2. The van der Waals surface area contributed by atoms with Gasteiger partial charge in [0, 0.05) is 11.1 Å². The van der Waals surface area contributed by atoms with Crippen molar-refractivity contribution < 1.29 is 4.39 Å². The van der Waals surface area contributed by atoms with Gasteiger partial charge in [-0.05, 0) is 35.9 Å². The van der Waals surface area contributed by atoms with E-state index in [1.54, 1.807) is 18.3 Å². The Morgan fingerprint density at radius 3 is 2.84 bits per heavy atom. The Hall–Kier alpha value is -2.07. The first-order valence-corrected chi connectivity index (χ1v) is 6.16. The molecule has 0 spiro atoms. The summed E-state index contributed by atoms with van der Waals surface area (Å²) in [6.45, 7) is 0.521. The van der Waals surface area contributed by atoms with Gasteiger partial charge in [-0.2, -0.15) is 5.10 Å². The Kier molecular flexibility index (Phi) is 2.87. The van der Waals surface area contributed by atoms with Crippen molar-refractivity contribution in [2.45, 2.75) is 6.54 Å². The summed E-state index contributed by atoms with van der Waals surface area (Å²) in [6.07, 6.45) is 1.78. The van der Waals surface area contributed by atoms with Crippen LogP contribution in [0.4, 0.5) is 10.1 Å². The Morgan fingerprint density at radius 2 is 2.05 bits per heavy atom. The molecule has 0 radical (unpaired) electrons. The van der Waals surface area contributed by atoms with E-state index in [0.29, 0.717) is 12.2 Å². The van der Waals surface area contributed by atoms with E-state index in [9.17, 15) is 4.39 Å². The molecule has 0 aliphatic rings. The van der Waals surface area contributed by atoms with E-state index < -0.39 is 5.82 Å². The molecule has 2 N–H and O–H groups in total. The van der Waals surface area contributed by atoms with Crippen molar-refractivity contribution >= 4 is 28.2 Å². The maximum absolute atomic E-state index is 13.1. The van der Waals surface area contributed by atoms with Crippen molar-refractivity contribution in [3.05, 3.63) is 59.0 Å². The van der Waals surface area contributed by atoms with Crippen LogP contribution < -0.4 is 5.73 Å². The second-order valence-electron chi connectivity index (χ2n) is 4.37. The second-order valence-corrected chi connectivity index (χ2v) is 4.78. The van der Waals surface area contributed by atoms with Gasteiger partial charge in [-0.3, -0.25) is 4.68 Å². The van der Waals surface area contributed by atoms with Gasteiger partial charge in [0.25, 0.3) is 0 Å². The minimum Gasteiger partial charge on any atom is -0.399 e. The highest BCUT2D eigenvalue weighted by molar-refractivity contribution is 6.30. The molecule has 3 aromatic rings. The third-order valence-electron chi connectivity index (χ3n) is 2.99. The Balaban J connectivity index is 2.00. The molecule has 0 aliphatic carbocycles. The first kappa shape index (κ1) is 12.0. The van der Waals surface area contributed by atoms with Crippen molar-refractivity contribution in [2.75, 3.05) is 5.73 Å². The fourth-order valence-corrected chi connectivity index (χ4v) is 2.23. The molecule has 0 aliphatic heterocycles. The van der Waals surface area contributed by atoms with E-state index >= 15 is 0 Å². The molecule has 3 rings (SSSR count). The number of aromatic nitrogens is 2. The van der Waals surface area contributed by atoms with Crippen LogP contribution in [0.5, 0.6) is 0 Å². The standard InChI is InChI=1S/C14H11ClFN3/c15-12-5-9(1-4-13(12)16)8-19-14-6-11(17)3-2-10(14)7-18-19/h1-7H,8,17H2. The molecular weight excluding hydrogens is 265 g/mol. The first-order valence-electron chi connectivity index (χ1n) is 5.78. The molecule has 0 atom stereocenters. The number of nitrogens with two attached hydrogens (primary N) is 1. The number of rotatable bonds is 2. The van der Waals surface area contributed by atoms with Crippen LogP contribution in [-0.4, -0.2) is 9.78 Å². The molecular formula is C14H11ClFN3. The molecule has 0 unspecified atom stereocenters. The van der Waals surface area contributed by atoms with Crippen molar-refractivity contribution in [3.63, 3.8) is 0 Å². The average molecular weight is 276 g/mol. The number of hydrogen-bond donors (Lipinski definition) is 1. The summed E-state index contributed by atoms with van der Waals surface area (Å²) in [4.78, 5) is 0. The van der Waals surface area contributed by atoms with Crippen LogP contribution in [0.2, 0.25) is 5.02 Å². The lowest BCUT2D eigenvalue weighted by atomic mass is 10.2. The Morgan fingerprint density at radius 1 is 1.21 bits per heavy atom. The average Bonchev–Trinajstić information content (AvgIpc) is 2.77. The predicted molar refractivity (Wildman–Crippen MR) is 74.7 cm³/mol. The van der Waals surface area contributed by atoms with E-state index in [4.69, 9.17) is 17.3 Å². The van der Waals surface area contributed by atoms with E-state index in [1.807, 2.05) is 22.9 Å². The molecule has 0 fully saturated rings. The smallest absolute Gasteiger partial charge is 0.141 e. The summed E-state index contributed by atoms with van der Waals surface area (Å²) in [6, 6.07) is 10.3. The lowest BCUT2D eigenvalue weighted by Gasteiger charge is -2.05. The molecule has 0 bridgehead atoms. The van der Waals surface area contributed by atoms with Crippen LogP contribution in [0.3, 0.4) is 0 Å². The first-order chi connectivity index (χ1) is 9.13. The maximum Gasteiger partial charge on any atom is 0.141 e. The zero-order chi connectivity index (χ0) is 13.4. The lowest BCUT2D eigenvalue weighted by Crippen LogP contribution is -2.02. The molecule has 1 aromatic heterocycles. The van der Waals surface area contributed by atoms with Crippen LogP contribution in [-0.2, 0) is 6.54 Å². The SMILES string of the molecule is Nc1ccc2cnn(Cc3ccc(F)c(Cl)c3)c2c1. The number of anilines is 1. The summed E-state index contributed by atoms with van der Waals surface area (Å²) in [5.74, 6) is -0.417. The van der Waals surface area contributed by atoms with E-state index in [-0.39, 0.29) is 5.02 Å². The van der Waals surface area contributed by atoms with Crippen molar-refractivity contribution in [1.29, 1.82) is 0 Å². The fraction of sp³-hybridized carbons (Fsp3) is 0.0714. The van der Waals surface area contributed by atoms with Crippen molar-refractivity contribution in [2.24, 2.45) is 0 Å². The zero-order valence-corrected chi connectivity index (χ0v) is 10.7. The van der Waals surface area contributed by atoms with Gasteiger partial charge in [0.2, 0.25) is 0 Å². The van der Waals surface area contributed by atoms with Gasteiger partial charge in [-0.15, -0.1) is 0 Å². The molecule has 5 heteroatoms. The highest BCUT2D eigenvalue weighted by atomic mass is 35.5. The number of nitrogens with zero attached hydrogens (tertiary/aromatic N) is 2. The predicted octanol–water partition coefficient (Wildman–Crippen LogP) is 3.46. The number of hydrogen-bond acceptors (Lipinski definition) is 2. The number of nitrogen functional groups attached to an aromatic ring is 1. The van der Waals surface area contributed by atoms with Crippen LogP contribution in [0.25, 0.3) is 10.9 Å². The normalized spacial score (nSPS) is 11.1. The van der Waals surface area contributed by atoms with E-state index in [2.05, 4.69) is 5.10 Å². The minimum atomic E-state index is -0.417. The molecule has 2 aromatic carbocycles. The largest absolute Gasteiger partial charge is 0.399 e. The third-order valence-corrected chi connectivity index (χ3v) is 3.27. The van der Waals surface area contributed by atoms with Crippen LogP contribution in [0.15, 0.2) is 42.6 Å². The molecule has 3 nitrogen and oxygen atoms in total. The van der Waals surface area contributed by atoms with Crippen molar-refractivity contribution in [3.8, 4) is 0 Å². The summed E-state index contributed by atoms with van der Waals surface area (Å²) < 4.78 is 14.9. The minimum absolute atomic E-state index is 0.119. The molecule has 0 amide bonds. The molecule has 19 heavy (non-hydrogen) atoms. The van der Waals surface area contributed by atoms with Gasteiger partial charge in [0.05, 0.1) is 23.3 Å². The molecule has 96 valence electrons. The third kappa shape index (κ3) is 2.27. The highest BCUT2D eigenvalue weighted by Crippen LogP contribution is 2.20. The van der Waals surface area contributed by atoms with Gasteiger partial charge < -0.3 is 5.73 Å². The molecule has 0 saturated carbocycles. The van der Waals surface area contributed by atoms with E-state index in [1.165, 1.54) is 6.07 Å². The summed E-state index contributed by atoms with van der Waals surface area (Å²) in [5, 5.41) is 5.44. The van der Waals surface area contributed by atoms with Crippen LogP contribution in [0.1, 0.15) is 5.56 Å². The maximum atomic E-state index is 13.1. The monoisotopic (exact) mass is 275 g/mol. The summed E-state index contributed by atoms with van der Waals surface area (Å²) in [5.41, 5.74) is 8.30. The topological polar surface area (TPSA) is 43.8 Å². The van der Waals surface area contributed by atoms with Gasteiger partial charge >= 0.3 is 0 Å². The lowest BCUT2D eigenvalue weighted by molar-refractivity contribution is 0.625. The van der Waals surface area contributed by atoms with Gasteiger partial charge in [0.1, 0.15) is 5.82 Å². The van der Waals surface area contributed by atoms with Gasteiger partial charge in [-0.25, -0.2) is 4.39 Å². The van der Waals surface area contributed by atoms with E-state index in [0.717, 1.165) is 16.5 Å². The quantitative estimate of drug-likeness (QED) is 0.728. The number of fused-ring (bicyclic) bond motifs is 1. The number of halogens is 2. The highest BCUT2D eigenvalue weighted by Gasteiger charge is 2.06. The van der Waals surface area contributed by atoms with Gasteiger partial charge in [-0.1, -0.05) is 17.7 Å². The van der Waals surface area contributed by atoms with Crippen LogP contribution >= 0.6 is 11.6 Å². The molecule has 1 heterocycles. The zero-order valence-electron chi connectivity index (χ0n) is 9.98. The fourth-order valence-electron chi connectivity index (χ4n) is 2.02. The van der Waals surface area contributed by atoms with Gasteiger partial charge in [0.15, 0.2) is 0 Å². The summed E-state index contributed by atoms with van der Waals surface area (Å²) in [7, 11) is 0. The van der Waals surface area contributed by atoms with Crippen LogP contribution in [0, 0.1) is 5.82 Å².